The van der Waals surface area contributed by atoms with E-state index in [2.05, 4.69) is 15.2 Å². The summed E-state index contributed by atoms with van der Waals surface area (Å²) in [5.74, 6) is 2.80. The van der Waals surface area contributed by atoms with Crippen LogP contribution in [0.4, 0.5) is 11.8 Å². The van der Waals surface area contributed by atoms with Crippen molar-refractivity contribution in [1.82, 2.24) is 19.5 Å². The first-order valence-electron chi connectivity index (χ1n) is 12.4. The van der Waals surface area contributed by atoms with Crippen LogP contribution in [0, 0.1) is 0 Å². The minimum absolute atomic E-state index is 0. The number of nitrogens with zero attached hydrogens (tertiary/aromatic N) is 4. The summed E-state index contributed by atoms with van der Waals surface area (Å²) in [6, 6.07) is 6.98. The van der Waals surface area contributed by atoms with Crippen LogP contribution in [0.25, 0.3) is 11.2 Å². The fraction of sp³-hybridized carbons (Fsp3) is 0.560. The van der Waals surface area contributed by atoms with Crippen LogP contribution in [0.5, 0.6) is 11.5 Å². The molecule has 0 spiro atoms. The lowest BCUT2D eigenvalue weighted by Gasteiger charge is -2.27. The third-order valence-electron chi connectivity index (χ3n) is 7.18. The molecule has 0 amide bonds. The molecule has 2 saturated carbocycles. The van der Waals surface area contributed by atoms with Crippen molar-refractivity contribution < 1.29 is 9.47 Å². The van der Waals surface area contributed by atoms with Crippen LogP contribution in [-0.4, -0.2) is 45.8 Å². The second-order valence-electron chi connectivity index (χ2n) is 9.42. The standard InChI is InChI=1S/C25H35N7O2.2ClH/c1-33-20-9-5-6-16(22(20)34-2)14-27-23-21-24(32(15-28-21)19-7-3-4-8-19)31-25(30-23)29-18-12-10-17(26)11-13-18;;/h5-6,9,15,17-19H,3-4,7-8,10-14,26H2,1-2H3,(H2,27,29,30,31);2*1H. The average Bonchev–Trinajstić information content (AvgIpc) is 3.53. The zero-order chi connectivity index (χ0) is 23.5. The van der Waals surface area contributed by atoms with E-state index in [-0.39, 0.29) is 24.8 Å². The first kappa shape index (κ1) is 28.1. The lowest BCUT2D eigenvalue weighted by atomic mass is 9.92. The summed E-state index contributed by atoms with van der Waals surface area (Å²) in [6.45, 7) is 0.528. The molecule has 198 valence electrons. The number of nitrogens with one attached hydrogen (secondary N) is 2. The number of fused-ring (bicyclic) bond motifs is 1. The van der Waals surface area contributed by atoms with Gasteiger partial charge in [-0.3, -0.25) is 0 Å². The van der Waals surface area contributed by atoms with Gasteiger partial charge in [0, 0.05) is 30.2 Å². The van der Waals surface area contributed by atoms with Crippen molar-refractivity contribution in [3.8, 4) is 11.5 Å². The molecule has 1 aromatic carbocycles. The van der Waals surface area contributed by atoms with E-state index in [0.29, 0.717) is 36.4 Å². The largest absolute Gasteiger partial charge is 0.493 e. The van der Waals surface area contributed by atoms with Crippen LogP contribution in [0.1, 0.15) is 63.0 Å². The van der Waals surface area contributed by atoms with E-state index < -0.39 is 0 Å². The lowest BCUT2D eigenvalue weighted by Crippen LogP contribution is -2.33. The molecule has 0 bridgehead atoms. The molecule has 4 N–H and O–H groups in total. The summed E-state index contributed by atoms with van der Waals surface area (Å²) < 4.78 is 13.3. The second kappa shape index (κ2) is 12.7. The quantitative estimate of drug-likeness (QED) is 0.364. The maximum Gasteiger partial charge on any atom is 0.227 e. The van der Waals surface area contributed by atoms with Gasteiger partial charge in [-0.05, 0) is 44.6 Å². The Kier molecular flexibility index (Phi) is 9.87. The van der Waals surface area contributed by atoms with Crippen molar-refractivity contribution in [3.05, 3.63) is 30.1 Å². The van der Waals surface area contributed by atoms with Crippen molar-refractivity contribution in [3.63, 3.8) is 0 Å². The number of nitrogens with two attached hydrogens (primary N) is 1. The molecule has 9 nitrogen and oxygen atoms in total. The highest BCUT2D eigenvalue weighted by Gasteiger charge is 2.24. The summed E-state index contributed by atoms with van der Waals surface area (Å²) in [5, 5.41) is 7.07. The molecule has 0 aliphatic heterocycles. The van der Waals surface area contributed by atoms with Gasteiger partial charge >= 0.3 is 0 Å². The van der Waals surface area contributed by atoms with E-state index in [1.54, 1.807) is 14.2 Å². The van der Waals surface area contributed by atoms with Gasteiger partial charge in [0.25, 0.3) is 0 Å². The molecule has 5 rings (SSSR count). The van der Waals surface area contributed by atoms with Gasteiger partial charge in [-0.15, -0.1) is 24.8 Å². The third-order valence-corrected chi connectivity index (χ3v) is 7.18. The van der Waals surface area contributed by atoms with E-state index in [9.17, 15) is 0 Å². The molecule has 11 heteroatoms. The van der Waals surface area contributed by atoms with Crippen LogP contribution < -0.4 is 25.8 Å². The van der Waals surface area contributed by atoms with E-state index in [1.807, 2.05) is 24.5 Å². The molecule has 0 unspecified atom stereocenters. The number of para-hydroxylation sites is 1. The molecule has 36 heavy (non-hydrogen) atoms. The number of halogens is 2. The Morgan fingerprint density at radius 3 is 2.44 bits per heavy atom. The number of aromatic nitrogens is 4. The molecule has 2 aromatic heterocycles. The lowest BCUT2D eigenvalue weighted by molar-refractivity contribution is 0.352. The maximum absolute atomic E-state index is 6.10. The summed E-state index contributed by atoms with van der Waals surface area (Å²) in [4.78, 5) is 14.5. The zero-order valence-corrected chi connectivity index (χ0v) is 22.5. The molecular weight excluding hydrogens is 501 g/mol. The highest BCUT2D eigenvalue weighted by Crippen LogP contribution is 2.34. The van der Waals surface area contributed by atoms with Gasteiger partial charge in [0.1, 0.15) is 0 Å². The monoisotopic (exact) mass is 537 g/mol. The number of benzene rings is 1. The van der Waals surface area contributed by atoms with E-state index in [0.717, 1.165) is 54.0 Å². The topological polar surface area (TPSA) is 112 Å². The Bertz CT molecular complexity index is 1130. The van der Waals surface area contributed by atoms with Crippen LogP contribution in [-0.2, 0) is 6.54 Å². The van der Waals surface area contributed by atoms with Crippen LogP contribution >= 0.6 is 24.8 Å². The van der Waals surface area contributed by atoms with Gasteiger partial charge in [0.05, 0.1) is 20.5 Å². The van der Waals surface area contributed by atoms with Crippen LogP contribution in [0.15, 0.2) is 24.5 Å². The molecule has 2 heterocycles. The Morgan fingerprint density at radius 2 is 1.75 bits per heavy atom. The number of anilines is 2. The fourth-order valence-corrected chi connectivity index (χ4v) is 5.27. The van der Waals surface area contributed by atoms with Gasteiger partial charge in [-0.1, -0.05) is 25.0 Å². The minimum Gasteiger partial charge on any atom is -0.493 e. The Labute approximate surface area is 224 Å². The minimum atomic E-state index is 0. The Balaban J connectivity index is 0.00000180. The maximum atomic E-state index is 6.10. The first-order chi connectivity index (χ1) is 16.7. The van der Waals surface area contributed by atoms with Crippen molar-refractivity contribution in [1.29, 1.82) is 0 Å². The van der Waals surface area contributed by atoms with E-state index >= 15 is 0 Å². The Morgan fingerprint density at radius 1 is 1.00 bits per heavy atom. The first-order valence-corrected chi connectivity index (χ1v) is 12.4. The predicted molar refractivity (Wildman–Crippen MR) is 148 cm³/mol. The zero-order valence-electron chi connectivity index (χ0n) is 20.9. The number of ether oxygens (including phenoxy) is 2. The SMILES string of the molecule is COc1cccc(CNc2nc(NC3CCC(N)CC3)nc3c2ncn3C2CCCC2)c1OC.Cl.Cl. The molecule has 3 aromatic rings. The average molecular weight is 539 g/mol. The predicted octanol–water partition coefficient (Wildman–Crippen LogP) is 5.10. The van der Waals surface area contributed by atoms with Crippen molar-refractivity contribution in [2.24, 2.45) is 5.73 Å². The molecule has 2 fully saturated rings. The molecule has 2 aliphatic carbocycles. The third kappa shape index (κ3) is 5.90. The van der Waals surface area contributed by atoms with Crippen LogP contribution in [0.2, 0.25) is 0 Å². The van der Waals surface area contributed by atoms with Crippen molar-refractivity contribution in [2.45, 2.75) is 76.0 Å². The van der Waals surface area contributed by atoms with Gasteiger partial charge in [0.15, 0.2) is 28.5 Å². The number of hydrogen-bond donors (Lipinski definition) is 3. The van der Waals surface area contributed by atoms with Gasteiger partial charge in [-0.25, -0.2) is 4.98 Å². The fourth-order valence-electron chi connectivity index (χ4n) is 5.27. The number of methoxy groups -OCH3 is 2. The van der Waals surface area contributed by atoms with Crippen molar-refractivity contribution in [2.75, 3.05) is 24.9 Å². The highest BCUT2D eigenvalue weighted by molar-refractivity contribution is 5.86. The number of imidazole rings is 1. The highest BCUT2D eigenvalue weighted by atomic mass is 35.5. The van der Waals surface area contributed by atoms with Gasteiger partial charge in [-0.2, -0.15) is 9.97 Å². The molecular formula is C25H37Cl2N7O2. The molecule has 0 radical (unpaired) electrons. The van der Waals surface area contributed by atoms with E-state index in [4.69, 9.17) is 30.2 Å². The van der Waals surface area contributed by atoms with Gasteiger partial charge < -0.3 is 30.4 Å². The number of rotatable bonds is 8. The van der Waals surface area contributed by atoms with Crippen LogP contribution in [0.3, 0.4) is 0 Å². The smallest absolute Gasteiger partial charge is 0.227 e. The second-order valence-corrected chi connectivity index (χ2v) is 9.42. The summed E-state index contributed by atoms with van der Waals surface area (Å²) in [5.41, 5.74) is 8.77. The Hall–Kier alpha value is -2.49. The summed E-state index contributed by atoms with van der Waals surface area (Å²) in [6.07, 6.45) is 10.9. The van der Waals surface area contributed by atoms with E-state index in [1.165, 1.54) is 25.7 Å². The number of hydrogen-bond acceptors (Lipinski definition) is 8. The summed E-state index contributed by atoms with van der Waals surface area (Å²) >= 11 is 0. The van der Waals surface area contributed by atoms with Gasteiger partial charge in [0.2, 0.25) is 5.95 Å². The molecule has 0 saturated heterocycles. The molecule has 0 atom stereocenters. The summed E-state index contributed by atoms with van der Waals surface area (Å²) in [7, 11) is 3.31. The molecule has 2 aliphatic rings. The van der Waals surface area contributed by atoms with Crippen molar-refractivity contribution >= 4 is 47.7 Å². The normalized spacial score (nSPS) is 19.9.